The molecule has 0 unspecified atom stereocenters. The maximum atomic E-state index is 5.89. The number of fused-ring (bicyclic) bond motifs is 1. The van der Waals surface area contributed by atoms with Gasteiger partial charge in [-0.2, -0.15) is 9.97 Å². The van der Waals surface area contributed by atoms with Crippen LogP contribution in [-0.4, -0.2) is 19.9 Å². The summed E-state index contributed by atoms with van der Waals surface area (Å²) in [5.74, 6) is 1.37. The Kier molecular flexibility index (Phi) is 2.60. The van der Waals surface area contributed by atoms with Gasteiger partial charge in [0.15, 0.2) is 17.0 Å². The highest BCUT2D eigenvalue weighted by Crippen LogP contribution is 2.23. The summed E-state index contributed by atoms with van der Waals surface area (Å²) < 4.78 is 0. The molecule has 0 aliphatic heterocycles. The Hall–Kier alpha value is -2.14. The van der Waals surface area contributed by atoms with Gasteiger partial charge in [0.1, 0.15) is 5.82 Å². The summed E-state index contributed by atoms with van der Waals surface area (Å²) in [6.45, 7) is 1.86. The molecule has 3 aromatic rings. The summed E-state index contributed by atoms with van der Waals surface area (Å²) in [7, 11) is 0. The number of H-pyrrole nitrogens is 1. The summed E-state index contributed by atoms with van der Waals surface area (Å²) in [5.41, 5.74) is 2.24. The molecule has 0 saturated carbocycles. The van der Waals surface area contributed by atoms with Crippen LogP contribution >= 0.6 is 11.6 Å². The minimum Gasteiger partial charge on any atom is -0.338 e. The van der Waals surface area contributed by atoms with Gasteiger partial charge in [-0.05, 0) is 30.7 Å². The van der Waals surface area contributed by atoms with Crippen molar-refractivity contribution in [1.29, 1.82) is 0 Å². The van der Waals surface area contributed by atoms with E-state index in [1.807, 2.05) is 37.3 Å². The van der Waals surface area contributed by atoms with Crippen molar-refractivity contribution >= 4 is 34.3 Å². The number of aromatic amines is 1. The van der Waals surface area contributed by atoms with Crippen LogP contribution in [0.25, 0.3) is 11.2 Å². The number of anilines is 2. The van der Waals surface area contributed by atoms with Gasteiger partial charge >= 0.3 is 0 Å². The number of benzene rings is 1. The molecule has 0 fully saturated rings. The third-order valence-corrected chi connectivity index (χ3v) is 2.64. The minimum atomic E-state index is 0.185. The first kappa shape index (κ1) is 11.0. The van der Waals surface area contributed by atoms with Gasteiger partial charge in [-0.25, -0.2) is 4.98 Å². The molecule has 0 aliphatic carbocycles. The van der Waals surface area contributed by atoms with E-state index in [0.717, 1.165) is 11.5 Å². The fourth-order valence-corrected chi connectivity index (χ4v) is 1.90. The molecule has 90 valence electrons. The average Bonchev–Trinajstić information content (AvgIpc) is 2.71. The number of nitrogens with zero attached hydrogens (tertiary/aromatic N) is 3. The zero-order chi connectivity index (χ0) is 12.5. The van der Waals surface area contributed by atoms with E-state index < -0.39 is 0 Å². The molecule has 6 heteroatoms. The fourth-order valence-electron chi connectivity index (χ4n) is 1.73. The quantitative estimate of drug-likeness (QED) is 0.694. The second-order valence-electron chi connectivity index (χ2n) is 3.85. The van der Waals surface area contributed by atoms with Crippen LogP contribution in [0.1, 0.15) is 5.82 Å². The van der Waals surface area contributed by atoms with E-state index in [-0.39, 0.29) is 5.28 Å². The van der Waals surface area contributed by atoms with Crippen molar-refractivity contribution in [3.05, 3.63) is 41.4 Å². The number of aryl methyl sites for hydroxylation is 1. The van der Waals surface area contributed by atoms with E-state index in [1.54, 1.807) is 0 Å². The van der Waals surface area contributed by atoms with Crippen LogP contribution in [0.4, 0.5) is 11.5 Å². The normalized spacial score (nSPS) is 10.8. The van der Waals surface area contributed by atoms with Gasteiger partial charge in [0.25, 0.3) is 0 Å². The zero-order valence-electron chi connectivity index (χ0n) is 9.61. The monoisotopic (exact) mass is 259 g/mol. The van der Waals surface area contributed by atoms with E-state index in [4.69, 9.17) is 11.6 Å². The minimum absolute atomic E-state index is 0.185. The van der Waals surface area contributed by atoms with E-state index in [0.29, 0.717) is 17.0 Å². The lowest BCUT2D eigenvalue weighted by Crippen LogP contribution is -1.96. The third kappa shape index (κ3) is 2.00. The lowest BCUT2D eigenvalue weighted by atomic mass is 10.3. The van der Waals surface area contributed by atoms with Crippen LogP contribution in [0, 0.1) is 6.92 Å². The fraction of sp³-hybridized carbons (Fsp3) is 0.0833. The predicted octanol–water partition coefficient (Wildman–Crippen LogP) is 3.06. The maximum Gasteiger partial charge on any atom is 0.226 e. The second-order valence-corrected chi connectivity index (χ2v) is 4.19. The number of hydrogen-bond donors (Lipinski definition) is 2. The average molecular weight is 260 g/mol. The molecule has 0 radical (unpaired) electrons. The number of imidazole rings is 1. The molecule has 2 heterocycles. The standard InChI is InChI=1S/C12H10ClN5/c1-7-14-9-10(15-7)17-12(13)18-11(9)16-8-5-3-2-4-6-8/h2-6H,1H3,(H2,14,15,16,17,18). The smallest absolute Gasteiger partial charge is 0.226 e. The van der Waals surface area contributed by atoms with Crippen molar-refractivity contribution < 1.29 is 0 Å². The Morgan fingerprint density at radius 2 is 1.89 bits per heavy atom. The van der Waals surface area contributed by atoms with Crippen molar-refractivity contribution in [3.8, 4) is 0 Å². The maximum absolute atomic E-state index is 5.89. The highest BCUT2D eigenvalue weighted by atomic mass is 35.5. The van der Waals surface area contributed by atoms with Crippen LogP contribution in [-0.2, 0) is 0 Å². The summed E-state index contributed by atoms with van der Waals surface area (Å²) in [5, 5.41) is 3.37. The van der Waals surface area contributed by atoms with Crippen molar-refractivity contribution in [2.75, 3.05) is 5.32 Å². The number of hydrogen-bond acceptors (Lipinski definition) is 4. The van der Waals surface area contributed by atoms with E-state index in [9.17, 15) is 0 Å². The zero-order valence-corrected chi connectivity index (χ0v) is 10.4. The van der Waals surface area contributed by atoms with Gasteiger partial charge in [0.2, 0.25) is 5.28 Å². The largest absolute Gasteiger partial charge is 0.338 e. The molecule has 1 aromatic carbocycles. The molecule has 0 spiro atoms. The summed E-state index contributed by atoms with van der Waals surface area (Å²) >= 11 is 5.89. The second kappa shape index (κ2) is 4.27. The lowest BCUT2D eigenvalue weighted by molar-refractivity contribution is 1.16. The number of aromatic nitrogens is 4. The molecule has 0 saturated heterocycles. The van der Waals surface area contributed by atoms with Crippen molar-refractivity contribution in [2.45, 2.75) is 6.92 Å². The Morgan fingerprint density at radius 1 is 1.11 bits per heavy atom. The summed E-state index contributed by atoms with van der Waals surface area (Å²) in [4.78, 5) is 15.7. The van der Waals surface area contributed by atoms with Gasteiger partial charge < -0.3 is 10.3 Å². The Labute approximate surface area is 108 Å². The van der Waals surface area contributed by atoms with Gasteiger partial charge in [0, 0.05) is 5.69 Å². The van der Waals surface area contributed by atoms with Crippen LogP contribution in [0.15, 0.2) is 30.3 Å². The molecule has 18 heavy (non-hydrogen) atoms. The molecule has 0 amide bonds. The molecule has 2 N–H and O–H groups in total. The third-order valence-electron chi connectivity index (χ3n) is 2.47. The molecule has 0 bridgehead atoms. The molecule has 0 aliphatic rings. The summed E-state index contributed by atoms with van der Waals surface area (Å²) in [6.07, 6.45) is 0. The predicted molar refractivity (Wildman–Crippen MR) is 71.2 cm³/mol. The van der Waals surface area contributed by atoms with Gasteiger partial charge in [-0.15, -0.1) is 0 Å². The SMILES string of the molecule is Cc1nc2c(Nc3ccccc3)nc(Cl)nc2[nH]1. The van der Waals surface area contributed by atoms with Crippen molar-refractivity contribution in [3.63, 3.8) is 0 Å². The van der Waals surface area contributed by atoms with Crippen LogP contribution in [0.2, 0.25) is 5.28 Å². The van der Waals surface area contributed by atoms with Crippen LogP contribution in [0.3, 0.4) is 0 Å². The lowest BCUT2D eigenvalue weighted by Gasteiger charge is -2.05. The highest BCUT2D eigenvalue weighted by Gasteiger charge is 2.10. The number of halogens is 1. The molecular weight excluding hydrogens is 250 g/mol. The van der Waals surface area contributed by atoms with Gasteiger partial charge in [-0.3, -0.25) is 0 Å². The molecule has 3 rings (SSSR count). The Morgan fingerprint density at radius 3 is 2.67 bits per heavy atom. The van der Waals surface area contributed by atoms with Crippen LogP contribution < -0.4 is 5.32 Å². The molecule has 5 nitrogen and oxygen atoms in total. The Balaban J connectivity index is 2.10. The van der Waals surface area contributed by atoms with E-state index >= 15 is 0 Å². The molecular formula is C12H10ClN5. The first-order valence-corrected chi connectivity index (χ1v) is 5.82. The molecule has 2 aromatic heterocycles. The number of nitrogens with one attached hydrogen (secondary N) is 2. The highest BCUT2D eigenvalue weighted by molar-refractivity contribution is 6.28. The first-order chi connectivity index (χ1) is 8.72. The summed E-state index contributed by atoms with van der Waals surface area (Å²) in [6, 6.07) is 9.73. The molecule has 0 atom stereocenters. The first-order valence-electron chi connectivity index (χ1n) is 5.44. The Bertz CT molecular complexity index is 692. The van der Waals surface area contributed by atoms with Crippen molar-refractivity contribution in [2.24, 2.45) is 0 Å². The number of rotatable bonds is 2. The van der Waals surface area contributed by atoms with Crippen molar-refractivity contribution in [1.82, 2.24) is 19.9 Å². The van der Waals surface area contributed by atoms with Gasteiger partial charge in [-0.1, -0.05) is 18.2 Å². The van der Waals surface area contributed by atoms with Crippen LogP contribution in [0.5, 0.6) is 0 Å². The number of para-hydroxylation sites is 1. The van der Waals surface area contributed by atoms with E-state index in [1.165, 1.54) is 0 Å². The van der Waals surface area contributed by atoms with E-state index in [2.05, 4.69) is 25.3 Å². The van der Waals surface area contributed by atoms with Gasteiger partial charge in [0.05, 0.1) is 0 Å². The topological polar surface area (TPSA) is 66.5 Å².